The number of hydrogen-bond acceptors (Lipinski definition) is 5. The quantitative estimate of drug-likeness (QED) is 0.561. The van der Waals surface area contributed by atoms with Gasteiger partial charge in [-0.05, 0) is 18.6 Å². The molecule has 0 saturated heterocycles. The Kier molecular flexibility index (Phi) is 6.64. The van der Waals surface area contributed by atoms with E-state index in [9.17, 15) is 4.79 Å². The van der Waals surface area contributed by atoms with Gasteiger partial charge in [0.25, 0.3) is 0 Å². The lowest BCUT2D eigenvalue weighted by atomic mass is 10.2. The van der Waals surface area contributed by atoms with E-state index in [1.165, 1.54) is 14.2 Å². The Morgan fingerprint density at radius 1 is 1.20 bits per heavy atom. The summed E-state index contributed by atoms with van der Waals surface area (Å²) < 4.78 is 21.1. The minimum absolute atomic E-state index is 0.422. The number of aryl methyl sites for hydroxylation is 1. The van der Waals surface area contributed by atoms with Gasteiger partial charge in [0.05, 0.1) is 21.3 Å². The molecule has 5 nitrogen and oxygen atoms in total. The fourth-order valence-corrected chi connectivity index (χ4v) is 2.16. The standard InChI is InChI=1S/C14H19BrO5/c1-9-5-6-10(17-2)13(18-3)12(9)20-11(7-8-15)14(16)19-4/h5-6,11H,7-8H2,1-4H3. The Bertz CT molecular complexity index is 461. The van der Waals surface area contributed by atoms with Crippen molar-refractivity contribution in [2.24, 2.45) is 0 Å². The van der Waals surface area contributed by atoms with Crippen molar-refractivity contribution in [3.8, 4) is 17.2 Å². The molecule has 0 bridgehead atoms. The number of alkyl halides is 1. The highest BCUT2D eigenvalue weighted by molar-refractivity contribution is 9.09. The molecule has 0 saturated carbocycles. The number of esters is 1. The molecule has 1 atom stereocenters. The molecule has 0 aliphatic rings. The molecular formula is C14H19BrO5. The summed E-state index contributed by atoms with van der Waals surface area (Å²) in [6, 6.07) is 3.64. The number of ether oxygens (including phenoxy) is 4. The van der Waals surface area contributed by atoms with E-state index in [1.807, 2.05) is 13.0 Å². The molecule has 0 spiro atoms. The largest absolute Gasteiger partial charge is 0.493 e. The van der Waals surface area contributed by atoms with Crippen molar-refractivity contribution < 1.29 is 23.7 Å². The fourth-order valence-electron chi connectivity index (χ4n) is 1.74. The van der Waals surface area contributed by atoms with E-state index in [1.54, 1.807) is 13.2 Å². The SMILES string of the molecule is COC(=O)C(CCBr)Oc1c(C)ccc(OC)c1OC. The summed E-state index contributed by atoms with van der Waals surface area (Å²) in [6.07, 6.45) is -0.203. The van der Waals surface area contributed by atoms with Crippen LogP contribution in [0.5, 0.6) is 17.2 Å². The minimum Gasteiger partial charge on any atom is -0.493 e. The molecular weight excluding hydrogens is 328 g/mol. The summed E-state index contributed by atoms with van der Waals surface area (Å²) in [5.74, 6) is 1.09. The molecule has 0 heterocycles. The Labute approximate surface area is 127 Å². The van der Waals surface area contributed by atoms with Crippen LogP contribution in [-0.4, -0.2) is 38.7 Å². The van der Waals surface area contributed by atoms with Crippen LogP contribution in [0.25, 0.3) is 0 Å². The molecule has 0 aliphatic heterocycles. The van der Waals surface area contributed by atoms with E-state index in [-0.39, 0.29) is 0 Å². The van der Waals surface area contributed by atoms with Gasteiger partial charge in [-0.1, -0.05) is 22.0 Å². The van der Waals surface area contributed by atoms with Crippen LogP contribution in [0.4, 0.5) is 0 Å². The van der Waals surface area contributed by atoms with Crippen molar-refractivity contribution in [2.75, 3.05) is 26.7 Å². The maximum atomic E-state index is 11.7. The second kappa shape index (κ2) is 7.99. The molecule has 1 aromatic carbocycles. The number of carbonyl (C=O) groups excluding carboxylic acids is 1. The van der Waals surface area contributed by atoms with E-state index in [0.29, 0.717) is 29.0 Å². The first-order valence-corrected chi connectivity index (χ1v) is 7.23. The fraction of sp³-hybridized carbons (Fsp3) is 0.500. The average Bonchev–Trinajstić information content (AvgIpc) is 2.47. The highest BCUT2D eigenvalue weighted by Gasteiger charge is 2.24. The number of halogens is 1. The summed E-state index contributed by atoms with van der Waals surface area (Å²) in [5.41, 5.74) is 0.853. The van der Waals surface area contributed by atoms with E-state index in [4.69, 9.17) is 18.9 Å². The first kappa shape index (κ1) is 16.6. The number of methoxy groups -OCH3 is 3. The smallest absolute Gasteiger partial charge is 0.347 e. The lowest BCUT2D eigenvalue weighted by molar-refractivity contribution is -0.148. The summed E-state index contributed by atoms with van der Waals surface area (Å²) in [5, 5.41) is 0.623. The van der Waals surface area contributed by atoms with Crippen LogP contribution >= 0.6 is 15.9 Å². The first-order valence-electron chi connectivity index (χ1n) is 6.11. The van der Waals surface area contributed by atoms with Gasteiger partial charge in [0, 0.05) is 11.8 Å². The van der Waals surface area contributed by atoms with Gasteiger partial charge < -0.3 is 18.9 Å². The van der Waals surface area contributed by atoms with Crippen LogP contribution in [0.1, 0.15) is 12.0 Å². The maximum Gasteiger partial charge on any atom is 0.347 e. The molecule has 1 unspecified atom stereocenters. The van der Waals surface area contributed by atoms with Crippen LogP contribution in [0.15, 0.2) is 12.1 Å². The molecule has 0 amide bonds. The predicted molar refractivity (Wildman–Crippen MR) is 79.1 cm³/mol. The zero-order chi connectivity index (χ0) is 15.1. The third kappa shape index (κ3) is 3.79. The van der Waals surface area contributed by atoms with Gasteiger partial charge in [-0.3, -0.25) is 0 Å². The normalized spacial score (nSPS) is 11.7. The van der Waals surface area contributed by atoms with Crippen LogP contribution in [0.3, 0.4) is 0 Å². The van der Waals surface area contributed by atoms with Crippen molar-refractivity contribution in [1.82, 2.24) is 0 Å². The summed E-state index contributed by atoms with van der Waals surface area (Å²) in [6.45, 7) is 1.87. The van der Waals surface area contributed by atoms with Crippen LogP contribution in [0.2, 0.25) is 0 Å². The monoisotopic (exact) mass is 346 g/mol. The topological polar surface area (TPSA) is 54.0 Å². The molecule has 20 heavy (non-hydrogen) atoms. The molecule has 112 valence electrons. The van der Waals surface area contributed by atoms with Gasteiger partial charge in [-0.15, -0.1) is 0 Å². The molecule has 0 N–H and O–H groups in total. The average molecular weight is 347 g/mol. The van der Waals surface area contributed by atoms with E-state index >= 15 is 0 Å². The Morgan fingerprint density at radius 3 is 2.40 bits per heavy atom. The lowest BCUT2D eigenvalue weighted by Crippen LogP contribution is -2.29. The Morgan fingerprint density at radius 2 is 1.90 bits per heavy atom. The minimum atomic E-state index is -0.695. The van der Waals surface area contributed by atoms with Crippen molar-refractivity contribution in [1.29, 1.82) is 0 Å². The number of benzene rings is 1. The van der Waals surface area contributed by atoms with Crippen LogP contribution in [0, 0.1) is 6.92 Å². The Hall–Kier alpha value is -1.43. The van der Waals surface area contributed by atoms with Crippen molar-refractivity contribution in [2.45, 2.75) is 19.4 Å². The van der Waals surface area contributed by atoms with Gasteiger partial charge in [-0.25, -0.2) is 4.79 Å². The van der Waals surface area contributed by atoms with Crippen molar-refractivity contribution in [3.05, 3.63) is 17.7 Å². The summed E-state index contributed by atoms with van der Waals surface area (Å²) >= 11 is 3.30. The lowest BCUT2D eigenvalue weighted by Gasteiger charge is -2.20. The van der Waals surface area contributed by atoms with Crippen molar-refractivity contribution in [3.63, 3.8) is 0 Å². The van der Waals surface area contributed by atoms with Gasteiger partial charge in [0.1, 0.15) is 0 Å². The van der Waals surface area contributed by atoms with Gasteiger partial charge >= 0.3 is 5.97 Å². The molecule has 0 radical (unpaired) electrons. The van der Waals surface area contributed by atoms with Gasteiger partial charge in [0.15, 0.2) is 17.6 Å². The molecule has 1 aromatic rings. The number of carbonyl (C=O) groups is 1. The van der Waals surface area contributed by atoms with E-state index in [0.717, 1.165) is 5.56 Å². The van der Waals surface area contributed by atoms with E-state index in [2.05, 4.69) is 15.9 Å². The predicted octanol–water partition coefficient (Wildman–Crippen LogP) is 2.72. The molecule has 0 fully saturated rings. The zero-order valence-electron chi connectivity index (χ0n) is 12.1. The third-order valence-electron chi connectivity index (χ3n) is 2.79. The zero-order valence-corrected chi connectivity index (χ0v) is 13.7. The summed E-state index contributed by atoms with van der Waals surface area (Å²) in [4.78, 5) is 11.7. The molecule has 6 heteroatoms. The highest BCUT2D eigenvalue weighted by Crippen LogP contribution is 2.40. The number of hydrogen-bond donors (Lipinski definition) is 0. The molecule has 0 aliphatic carbocycles. The second-order valence-corrected chi connectivity index (χ2v) is 4.85. The summed E-state index contributed by atoms with van der Waals surface area (Å²) in [7, 11) is 4.41. The van der Waals surface area contributed by atoms with E-state index < -0.39 is 12.1 Å². The number of rotatable bonds is 7. The van der Waals surface area contributed by atoms with Crippen LogP contribution in [-0.2, 0) is 9.53 Å². The Balaban J connectivity index is 3.13. The highest BCUT2D eigenvalue weighted by atomic mass is 79.9. The molecule has 1 rings (SSSR count). The first-order chi connectivity index (χ1) is 9.58. The third-order valence-corrected chi connectivity index (χ3v) is 3.25. The van der Waals surface area contributed by atoms with Gasteiger partial charge in [-0.2, -0.15) is 0 Å². The maximum absolute atomic E-state index is 11.7. The van der Waals surface area contributed by atoms with Gasteiger partial charge in [0.2, 0.25) is 5.75 Å². The second-order valence-electron chi connectivity index (χ2n) is 4.05. The van der Waals surface area contributed by atoms with Crippen molar-refractivity contribution >= 4 is 21.9 Å². The molecule has 0 aromatic heterocycles. The van der Waals surface area contributed by atoms with Crippen LogP contribution < -0.4 is 14.2 Å².